The van der Waals surface area contributed by atoms with Crippen LogP contribution >= 0.6 is 0 Å². The van der Waals surface area contributed by atoms with E-state index in [2.05, 4.69) is 5.32 Å². The van der Waals surface area contributed by atoms with Crippen LogP contribution in [0.2, 0.25) is 0 Å². The Labute approximate surface area is 96.4 Å². The van der Waals surface area contributed by atoms with Crippen molar-refractivity contribution in [1.82, 2.24) is 10.2 Å². The molecule has 1 aliphatic carbocycles. The molecule has 1 unspecified atom stereocenters. The highest BCUT2D eigenvalue weighted by Crippen LogP contribution is 2.28. The highest BCUT2D eigenvalue weighted by Gasteiger charge is 2.42. The monoisotopic (exact) mass is 224 g/mol. The summed E-state index contributed by atoms with van der Waals surface area (Å²) in [5.74, 6) is 0.000602. The van der Waals surface area contributed by atoms with E-state index in [0.29, 0.717) is 6.42 Å². The van der Waals surface area contributed by atoms with E-state index in [-0.39, 0.29) is 29.9 Å². The quantitative estimate of drug-likeness (QED) is 0.729. The molecule has 16 heavy (non-hydrogen) atoms. The van der Waals surface area contributed by atoms with E-state index in [1.807, 2.05) is 13.8 Å². The third-order valence-corrected chi connectivity index (χ3v) is 3.41. The molecule has 0 spiro atoms. The molecule has 4 heteroatoms. The van der Waals surface area contributed by atoms with Gasteiger partial charge in [0.1, 0.15) is 0 Å². The van der Waals surface area contributed by atoms with Gasteiger partial charge in [0.15, 0.2) is 0 Å². The molecule has 2 amide bonds. The predicted molar refractivity (Wildman–Crippen MR) is 60.8 cm³/mol. The van der Waals surface area contributed by atoms with Gasteiger partial charge in [-0.25, -0.2) is 0 Å². The molecule has 1 saturated carbocycles. The number of hydrogen-bond acceptors (Lipinski definition) is 3. The van der Waals surface area contributed by atoms with E-state index in [9.17, 15) is 9.59 Å². The first-order valence-corrected chi connectivity index (χ1v) is 6.21. The topological polar surface area (TPSA) is 49.4 Å². The minimum Gasteiger partial charge on any atom is -0.303 e. The van der Waals surface area contributed by atoms with Crippen molar-refractivity contribution in [3.05, 3.63) is 0 Å². The molecule has 4 nitrogen and oxygen atoms in total. The lowest BCUT2D eigenvalue weighted by Crippen LogP contribution is -2.44. The number of imide groups is 1. The molecular weight excluding hydrogens is 204 g/mol. The van der Waals surface area contributed by atoms with Crippen molar-refractivity contribution in [1.29, 1.82) is 0 Å². The Morgan fingerprint density at radius 1 is 1.25 bits per heavy atom. The summed E-state index contributed by atoms with van der Waals surface area (Å²) in [6.07, 6.45) is 4.61. The summed E-state index contributed by atoms with van der Waals surface area (Å²) in [6, 6.07) is 0.136. The molecule has 2 fully saturated rings. The summed E-state index contributed by atoms with van der Waals surface area (Å²) in [4.78, 5) is 25.4. The van der Waals surface area contributed by atoms with Crippen molar-refractivity contribution in [3.63, 3.8) is 0 Å². The Hall–Kier alpha value is -0.900. The number of hydrogen-bond donors (Lipinski definition) is 1. The second kappa shape index (κ2) is 4.53. The number of amides is 2. The van der Waals surface area contributed by atoms with Gasteiger partial charge in [-0.2, -0.15) is 0 Å². The summed E-state index contributed by atoms with van der Waals surface area (Å²) in [7, 11) is 0. The van der Waals surface area contributed by atoms with Crippen molar-refractivity contribution < 1.29 is 9.59 Å². The molecule has 0 aromatic heterocycles. The van der Waals surface area contributed by atoms with Gasteiger partial charge in [-0.1, -0.05) is 26.7 Å². The van der Waals surface area contributed by atoms with Crippen molar-refractivity contribution in [3.8, 4) is 0 Å². The van der Waals surface area contributed by atoms with Crippen LogP contribution in [0.15, 0.2) is 0 Å². The lowest BCUT2D eigenvalue weighted by atomic mass is 10.2. The number of rotatable bonds is 3. The maximum absolute atomic E-state index is 12.1. The van der Waals surface area contributed by atoms with Crippen molar-refractivity contribution in [2.45, 2.75) is 64.1 Å². The van der Waals surface area contributed by atoms with Crippen LogP contribution in [-0.4, -0.2) is 34.8 Å². The first-order valence-electron chi connectivity index (χ1n) is 6.21. The fraction of sp³-hybridized carbons (Fsp3) is 0.833. The fourth-order valence-corrected chi connectivity index (χ4v) is 2.73. The summed E-state index contributed by atoms with van der Waals surface area (Å²) < 4.78 is 0. The highest BCUT2D eigenvalue weighted by molar-refractivity contribution is 6.05. The van der Waals surface area contributed by atoms with Gasteiger partial charge >= 0.3 is 0 Å². The zero-order chi connectivity index (χ0) is 11.7. The Morgan fingerprint density at radius 3 is 2.44 bits per heavy atom. The molecule has 0 radical (unpaired) electrons. The Balaban J connectivity index is 2.04. The van der Waals surface area contributed by atoms with E-state index in [1.165, 1.54) is 4.90 Å². The summed E-state index contributed by atoms with van der Waals surface area (Å²) in [5, 5.41) is 3.16. The molecule has 1 heterocycles. The zero-order valence-corrected chi connectivity index (χ0v) is 10.0. The minimum atomic E-state index is -0.284. The average molecular weight is 224 g/mol. The van der Waals surface area contributed by atoms with Gasteiger partial charge in [0.25, 0.3) is 0 Å². The highest BCUT2D eigenvalue weighted by atomic mass is 16.2. The van der Waals surface area contributed by atoms with Crippen molar-refractivity contribution >= 4 is 11.8 Å². The molecule has 2 aliphatic rings. The lowest BCUT2D eigenvalue weighted by molar-refractivity contribution is -0.141. The van der Waals surface area contributed by atoms with Crippen molar-refractivity contribution in [2.75, 3.05) is 0 Å². The van der Waals surface area contributed by atoms with E-state index in [1.54, 1.807) is 0 Å². The van der Waals surface area contributed by atoms with E-state index < -0.39 is 0 Å². The van der Waals surface area contributed by atoms with Gasteiger partial charge in [-0.3, -0.25) is 14.5 Å². The molecule has 90 valence electrons. The molecular formula is C12H20N2O2. The van der Waals surface area contributed by atoms with E-state index in [0.717, 1.165) is 25.7 Å². The average Bonchev–Trinajstić information content (AvgIpc) is 2.76. The van der Waals surface area contributed by atoms with Crippen LogP contribution in [0.25, 0.3) is 0 Å². The third kappa shape index (κ3) is 2.12. The standard InChI is InChI=1S/C12H20N2O2/c1-8(2)13-10-7-11(15)14(12(10)16)9-5-3-4-6-9/h8-10,13H,3-7H2,1-2H3. The number of carbonyl (C=O) groups is 2. The van der Waals surface area contributed by atoms with Crippen LogP contribution < -0.4 is 5.32 Å². The molecule has 1 saturated heterocycles. The molecule has 0 aromatic rings. The largest absolute Gasteiger partial charge is 0.303 e. The predicted octanol–water partition coefficient (Wildman–Crippen LogP) is 1.05. The van der Waals surface area contributed by atoms with Crippen LogP contribution in [0.1, 0.15) is 46.0 Å². The van der Waals surface area contributed by atoms with Crippen LogP contribution in [0, 0.1) is 0 Å². The smallest absolute Gasteiger partial charge is 0.247 e. The van der Waals surface area contributed by atoms with Crippen LogP contribution in [0.4, 0.5) is 0 Å². The maximum Gasteiger partial charge on any atom is 0.247 e. The fourth-order valence-electron chi connectivity index (χ4n) is 2.73. The molecule has 2 rings (SSSR count). The molecule has 1 N–H and O–H groups in total. The zero-order valence-electron chi connectivity index (χ0n) is 10.0. The van der Waals surface area contributed by atoms with E-state index in [4.69, 9.17) is 0 Å². The van der Waals surface area contributed by atoms with E-state index >= 15 is 0 Å². The van der Waals surface area contributed by atoms with Gasteiger partial charge in [0.05, 0.1) is 12.5 Å². The van der Waals surface area contributed by atoms with Gasteiger partial charge < -0.3 is 5.32 Å². The minimum absolute atomic E-state index is 0.00870. The van der Waals surface area contributed by atoms with Gasteiger partial charge in [0.2, 0.25) is 11.8 Å². The number of nitrogens with one attached hydrogen (secondary N) is 1. The molecule has 1 aliphatic heterocycles. The second-order valence-corrected chi connectivity index (χ2v) is 5.12. The SMILES string of the molecule is CC(C)NC1CC(=O)N(C2CCCC2)C1=O. The number of nitrogens with zero attached hydrogens (tertiary/aromatic N) is 1. The van der Waals surface area contributed by atoms with Crippen molar-refractivity contribution in [2.24, 2.45) is 0 Å². The molecule has 0 aromatic carbocycles. The maximum atomic E-state index is 12.1. The van der Waals surface area contributed by atoms with Gasteiger partial charge in [-0.15, -0.1) is 0 Å². The van der Waals surface area contributed by atoms with Crippen LogP contribution in [0.5, 0.6) is 0 Å². The first-order chi connectivity index (χ1) is 7.59. The summed E-state index contributed by atoms with van der Waals surface area (Å²) >= 11 is 0. The Kier molecular flexibility index (Phi) is 3.28. The van der Waals surface area contributed by atoms with Gasteiger partial charge in [0, 0.05) is 12.1 Å². The molecule has 0 bridgehead atoms. The Bertz CT molecular complexity index is 295. The lowest BCUT2D eigenvalue weighted by Gasteiger charge is -2.22. The second-order valence-electron chi connectivity index (χ2n) is 5.12. The number of likely N-dealkylation sites (tertiary alicyclic amines) is 1. The first kappa shape index (κ1) is 11.6. The van der Waals surface area contributed by atoms with Crippen LogP contribution in [-0.2, 0) is 9.59 Å². The van der Waals surface area contributed by atoms with Crippen LogP contribution in [0.3, 0.4) is 0 Å². The molecule has 1 atom stereocenters. The Morgan fingerprint density at radius 2 is 1.88 bits per heavy atom. The third-order valence-electron chi connectivity index (χ3n) is 3.41. The summed E-state index contributed by atoms with van der Waals surface area (Å²) in [6.45, 7) is 3.99. The summed E-state index contributed by atoms with van der Waals surface area (Å²) in [5.41, 5.74) is 0. The number of carbonyl (C=O) groups excluding carboxylic acids is 2. The normalized spacial score (nSPS) is 27.4. The van der Waals surface area contributed by atoms with Gasteiger partial charge in [-0.05, 0) is 12.8 Å².